The van der Waals surface area contributed by atoms with Crippen molar-refractivity contribution in [3.8, 4) is 0 Å². The van der Waals surface area contributed by atoms with Gasteiger partial charge in [0.25, 0.3) is 5.91 Å². The third-order valence-electron chi connectivity index (χ3n) is 5.52. The number of hydrogen-bond acceptors (Lipinski definition) is 5. The fourth-order valence-corrected chi connectivity index (χ4v) is 3.78. The van der Waals surface area contributed by atoms with Gasteiger partial charge in [-0.25, -0.2) is 4.98 Å². The number of hydrogen-bond donors (Lipinski definition) is 1. The van der Waals surface area contributed by atoms with E-state index in [1.807, 2.05) is 36.1 Å². The van der Waals surface area contributed by atoms with Crippen LogP contribution in [0.5, 0.6) is 0 Å². The molecule has 150 valence electrons. The molecule has 0 bridgehead atoms. The molecule has 1 atom stereocenters. The van der Waals surface area contributed by atoms with E-state index < -0.39 is 0 Å². The van der Waals surface area contributed by atoms with Crippen LogP contribution in [-0.2, 0) is 6.54 Å². The summed E-state index contributed by atoms with van der Waals surface area (Å²) in [6.45, 7) is 11.8. The summed E-state index contributed by atoms with van der Waals surface area (Å²) < 4.78 is 0. The SMILES string of the molecule is CCC1CN(C(=O)c2ccc(NCc3ncccc3C)nc2)CCN1C(C)C. The predicted molar refractivity (Wildman–Crippen MR) is 112 cm³/mol. The summed E-state index contributed by atoms with van der Waals surface area (Å²) in [4.78, 5) is 26.2. The fourth-order valence-electron chi connectivity index (χ4n) is 3.78. The summed E-state index contributed by atoms with van der Waals surface area (Å²) in [7, 11) is 0. The van der Waals surface area contributed by atoms with Crippen molar-refractivity contribution in [2.75, 3.05) is 25.0 Å². The Morgan fingerprint density at radius 2 is 2.07 bits per heavy atom. The highest BCUT2D eigenvalue weighted by molar-refractivity contribution is 5.94. The number of aryl methyl sites for hydroxylation is 1. The summed E-state index contributed by atoms with van der Waals surface area (Å²) in [6.07, 6.45) is 4.52. The summed E-state index contributed by atoms with van der Waals surface area (Å²) >= 11 is 0. The topological polar surface area (TPSA) is 61.4 Å². The number of anilines is 1. The standard InChI is InChI=1S/C22H31N5O/c1-5-19-15-26(11-12-27(19)16(2)3)22(28)18-8-9-21(24-13-18)25-14-20-17(4)7-6-10-23-20/h6-10,13,16,19H,5,11-12,14-15H2,1-4H3,(H,24,25). The maximum atomic E-state index is 12.9. The van der Waals surface area contributed by atoms with Crippen LogP contribution in [0.25, 0.3) is 0 Å². The monoisotopic (exact) mass is 381 g/mol. The van der Waals surface area contributed by atoms with E-state index in [0.29, 0.717) is 24.2 Å². The van der Waals surface area contributed by atoms with Crippen LogP contribution in [0, 0.1) is 6.92 Å². The number of carbonyl (C=O) groups is 1. The zero-order valence-corrected chi connectivity index (χ0v) is 17.4. The normalized spacial score (nSPS) is 17.8. The van der Waals surface area contributed by atoms with E-state index in [9.17, 15) is 4.79 Å². The Bertz CT molecular complexity index is 790. The lowest BCUT2D eigenvalue weighted by Gasteiger charge is -2.43. The first kappa shape index (κ1) is 20.3. The molecule has 1 N–H and O–H groups in total. The number of rotatable bonds is 6. The van der Waals surface area contributed by atoms with Gasteiger partial charge in [-0.2, -0.15) is 0 Å². The highest BCUT2D eigenvalue weighted by Crippen LogP contribution is 2.18. The molecule has 0 spiro atoms. The quantitative estimate of drug-likeness (QED) is 0.831. The van der Waals surface area contributed by atoms with Crippen molar-refractivity contribution in [3.63, 3.8) is 0 Å². The molecule has 6 heteroatoms. The number of carbonyl (C=O) groups excluding carboxylic acids is 1. The highest BCUT2D eigenvalue weighted by Gasteiger charge is 2.30. The molecular formula is C22H31N5O. The summed E-state index contributed by atoms with van der Waals surface area (Å²) in [6, 6.07) is 8.64. The van der Waals surface area contributed by atoms with E-state index in [-0.39, 0.29) is 5.91 Å². The first-order valence-electron chi connectivity index (χ1n) is 10.1. The van der Waals surface area contributed by atoms with Crippen LogP contribution in [0.4, 0.5) is 5.82 Å². The van der Waals surface area contributed by atoms with Gasteiger partial charge in [-0.3, -0.25) is 14.7 Å². The molecule has 1 saturated heterocycles. The van der Waals surface area contributed by atoms with Crippen LogP contribution in [0.2, 0.25) is 0 Å². The predicted octanol–water partition coefficient (Wildman–Crippen LogP) is 3.34. The number of nitrogens with one attached hydrogen (secondary N) is 1. The van der Waals surface area contributed by atoms with Gasteiger partial charge in [0.1, 0.15) is 5.82 Å². The van der Waals surface area contributed by atoms with Crippen LogP contribution in [0.15, 0.2) is 36.7 Å². The number of piperazine rings is 1. The van der Waals surface area contributed by atoms with Crippen molar-refractivity contribution in [1.82, 2.24) is 19.8 Å². The summed E-state index contributed by atoms with van der Waals surface area (Å²) in [5, 5.41) is 3.28. The Balaban J connectivity index is 1.60. The number of amides is 1. The lowest BCUT2D eigenvalue weighted by molar-refractivity contribution is 0.0371. The van der Waals surface area contributed by atoms with Crippen LogP contribution >= 0.6 is 0 Å². The number of aromatic nitrogens is 2. The van der Waals surface area contributed by atoms with Crippen molar-refractivity contribution in [2.45, 2.75) is 52.7 Å². The molecule has 1 fully saturated rings. The molecule has 3 heterocycles. The second kappa shape index (κ2) is 9.15. The van der Waals surface area contributed by atoms with Crippen molar-refractivity contribution < 1.29 is 4.79 Å². The van der Waals surface area contributed by atoms with Gasteiger partial charge in [0, 0.05) is 44.1 Å². The first-order chi connectivity index (χ1) is 13.5. The first-order valence-corrected chi connectivity index (χ1v) is 10.1. The van der Waals surface area contributed by atoms with Crippen LogP contribution in [0.3, 0.4) is 0 Å². The summed E-state index contributed by atoms with van der Waals surface area (Å²) in [5.74, 6) is 0.819. The molecule has 1 amide bonds. The molecule has 0 aromatic carbocycles. The average Bonchev–Trinajstić information content (AvgIpc) is 2.72. The van der Waals surface area contributed by atoms with Gasteiger partial charge in [-0.15, -0.1) is 0 Å². The third kappa shape index (κ3) is 4.68. The van der Waals surface area contributed by atoms with Crippen molar-refractivity contribution >= 4 is 11.7 Å². The van der Waals surface area contributed by atoms with Crippen molar-refractivity contribution in [3.05, 3.63) is 53.5 Å². The van der Waals surface area contributed by atoms with Gasteiger partial charge >= 0.3 is 0 Å². The smallest absolute Gasteiger partial charge is 0.255 e. The van der Waals surface area contributed by atoms with Gasteiger partial charge in [0.15, 0.2) is 0 Å². The third-order valence-corrected chi connectivity index (χ3v) is 5.52. The van der Waals surface area contributed by atoms with E-state index in [0.717, 1.165) is 43.1 Å². The summed E-state index contributed by atoms with van der Waals surface area (Å²) in [5.41, 5.74) is 2.79. The lowest BCUT2D eigenvalue weighted by Crippen LogP contribution is -2.56. The molecule has 6 nitrogen and oxygen atoms in total. The van der Waals surface area contributed by atoms with Crippen LogP contribution < -0.4 is 5.32 Å². The zero-order valence-electron chi connectivity index (χ0n) is 17.4. The Labute approximate surface area is 168 Å². The number of nitrogens with zero attached hydrogens (tertiary/aromatic N) is 4. The van der Waals surface area contributed by atoms with Crippen LogP contribution in [0.1, 0.15) is 48.8 Å². The Kier molecular flexibility index (Phi) is 6.62. The fraction of sp³-hybridized carbons (Fsp3) is 0.500. The van der Waals surface area contributed by atoms with Gasteiger partial charge in [-0.1, -0.05) is 13.0 Å². The molecule has 2 aromatic heterocycles. The van der Waals surface area contributed by atoms with Crippen LogP contribution in [-0.4, -0.2) is 57.4 Å². The average molecular weight is 382 g/mol. The van der Waals surface area contributed by atoms with E-state index in [1.54, 1.807) is 12.4 Å². The molecule has 0 saturated carbocycles. The molecule has 1 unspecified atom stereocenters. The van der Waals surface area contributed by atoms with E-state index in [2.05, 4.69) is 41.0 Å². The molecule has 0 aliphatic carbocycles. The molecule has 1 aliphatic heterocycles. The van der Waals surface area contributed by atoms with Gasteiger partial charge < -0.3 is 10.2 Å². The lowest BCUT2D eigenvalue weighted by atomic mass is 10.1. The number of pyridine rings is 2. The van der Waals surface area contributed by atoms with Crippen molar-refractivity contribution in [1.29, 1.82) is 0 Å². The second-order valence-electron chi connectivity index (χ2n) is 7.70. The Morgan fingerprint density at radius 3 is 2.71 bits per heavy atom. The van der Waals surface area contributed by atoms with E-state index in [1.165, 1.54) is 0 Å². The minimum atomic E-state index is 0.0708. The van der Waals surface area contributed by atoms with Gasteiger partial charge in [0.2, 0.25) is 0 Å². The Morgan fingerprint density at radius 1 is 1.25 bits per heavy atom. The minimum absolute atomic E-state index is 0.0708. The maximum Gasteiger partial charge on any atom is 0.255 e. The highest BCUT2D eigenvalue weighted by atomic mass is 16.2. The second-order valence-corrected chi connectivity index (χ2v) is 7.70. The van der Waals surface area contributed by atoms with Gasteiger partial charge in [0.05, 0.1) is 17.8 Å². The maximum absolute atomic E-state index is 12.9. The molecule has 0 radical (unpaired) electrons. The molecule has 2 aromatic rings. The molecule has 1 aliphatic rings. The van der Waals surface area contributed by atoms with Gasteiger partial charge in [-0.05, 0) is 51.0 Å². The van der Waals surface area contributed by atoms with E-state index >= 15 is 0 Å². The molecule has 3 rings (SSSR count). The largest absolute Gasteiger partial charge is 0.364 e. The minimum Gasteiger partial charge on any atom is -0.364 e. The van der Waals surface area contributed by atoms with E-state index in [4.69, 9.17) is 0 Å². The molecule has 28 heavy (non-hydrogen) atoms. The molecular weight excluding hydrogens is 350 g/mol. The van der Waals surface area contributed by atoms with Crippen molar-refractivity contribution in [2.24, 2.45) is 0 Å². The zero-order chi connectivity index (χ0) is 20.1. The Hall–Kier alpha value is -2.47.